The molecule has 1 aromatic heterocycles. The van der Waals surface area contributed by atoms with Crippen LogP contribution in [0, 0.1) is 25.1 Å². The number of hydrogen-bond donors (Lipinski definition) is 2. The first-order valence-electron chi connectivity index (χ1n) is 14.7. The van der Waals surface area contributed by atoms with E-state index in [1.807, 2.05) is 43.3 Å². The molecule has 5 rings (SSSR count). The summed E-state index contributed by atoms with van der Waals surface area (Å²) in [7, 11) is 0. The Hall–Kier alpha value is -4.85. The van der Waals surface area contributed by atoms with Crippen LogP contribution in [0.5, 0.6) is 11.5 Å². The van der Waals surface area contributed by atoms with Gasteiger partial charge in [0, 0.05) is 24.3 Å². The second kappa shape index (κ2) is 12.4. The average Bonchev–Trinajstić information content (AvgIpc) is 3.31. The number of ether oxygens (including phenoxy) is 1. The zero-order valence-electron chi connectivity index (χ0n) is 25.8. The molecule has 0 saturated heterocycles. The van der Waals surface area contributed by atoms with Gasteiger partial charge in [0.15, 0.2) is 11.6 Å². The number of hydrogen-bond acceptors (Lipinski definition) is 6. The number of nitrogens with one attached hydrogen (secondary N) is 1. The maximum absolute atomic E-state index is 16.3. The molecule has 0 aliphatic carbocycles. The second-order valence-electron chi connectivity index (χ2n) is 11.5. The largest absolute Gasteiger partial charge is 0.506 e. The van der Waals surface area contributed by atoms with Crippen LogP contribution in [-0.2, 0) is 6.61 Å². The van der Waals surface area contributed by atoms with Gasteiger partial charge in [0.1, 0.15) is 35.4 Å². The molecule has 8 heteroatoms. The molecular weight excluding hydrogens is 557 g/mol. The number of para-hydroxylation sites is 1. The molecule has 2 unspecified atom stereocenters. The molecule has 2 N–H and O–H groups in total. The Labute approximate surface area is 257 Å². The van der Waals surface area contributed by atoms with E-state index in [9.17, 15) is 9.90 Å². The average molecular weight is 596 g/mol. The topological polar surface area (TPSA) is 87.8 Å². The number of phenols is 1. The van der Waals surface area contributed by atoms with Crippen molar-refractivity contribution in [3.8, 4) is 11.5 Å². The monoisotopic (exact) mass is 595 g/mol. The molecule has 7 nitrogen and oxygen atoms in total. The van der Waals surface area contributed by atoms with Crippen LogP contribution in [0.15, 0.2) is 95.1 Å². The number of benzene rings is 3. The molecule has 0 radical (unpaired) electrons. The quantitative estimate of drug-likeness (QED) is 0.149. The predicted octanol–water partition coefficient (Wildman–Crippen LogP) is 8.80. The van der Waals surface area contributed by atoms with Crippen LogP contribution in [0.25, 0.3) is 0 Å². The van der Waals surface area contributed by atoms with Gasteiger partial charge in [-0.15, -0.1) is 6.58 Å². The van der Waals surface area contributed by atoms with Gasteiger partial charge in [-0.2, -0.15) is 0 Å². The van der Waals surface area contributed by atoms with E-state index >= 15 is 4.39 Å². The van der Waals surface area contributed by atoms with Crippen molar-refractivity contribution in [3.63, 3.8) is 0 Å². The van der Waals surface area contributed by atoms with Crippen molar-refractivity contribution >= 4 is 17.3 Å². The van der Waals surface area contributed by atoms with E-state index in [2.05, 4.69) is 30.7 Å². The van der Waals surface area contributed by atoms with Crippen molar-refractivity contribution in [2.45, 2.75) is 60.1 Å². The van der Waals surface area contributed by atoms with Crippen LogP contribution >= 0.6 is 0 Å². The highest BCUT2D eigenvalue weighted by molar-refractivity contribution is 6.09. The predicted molar refractivity (Wildman–Crippen MR) is 170 cm³/mol. The van der Waals surface area contributed by atoms with Crippen LogP contribution in [0.2, 0.25) is 0 Å². The molecule has 3 aromatic carbocycles. The number of carbonyl (C=O) groups is 1. The van der Waals surface area contributed by atoms with Crippen LogP contribution in [0.3, 0.4) is 0 Å². The van der Waals surface area contributed by atoms with Crippen LogP contribution in [0.1, 0.15) is 72.9 Å². The molecular formula is C36H38FN3O4. The molecule has 4 aromatic rings. The Morgan fingerprint density at radius 3 is 2.55 bits per heavy atom. The van der Waals surface area contributed by atoms with Crippen molar-refractivity contribution in [1.29, 1.82) is 0 Å². The Morgan fingerprint density at radius 1 is 1.16 bits per heavy atom. The third kappa shape index (κ3) is 5.97. The molecule has 1 aliphatic heterocycles. The van der Waals surface area contributed by atoms with Gasteiger partial charge < -0.3 is 19.6 Å². The maximum atomic E-state index is 16.3. The fourth-order valence-corrected chi connectivity index (χ4v) is 5.53. The number of nitrogens with zero attached hydrogens (tertiary/aromatic N) is 2. The van der Waals surface area contributed by atoms with E-state index in [0.717, 1.165) is 17.7 Å². The Balaban J connectivity index is 1.68. The molecule has 0 bridgehead atoms. The molecule has 0 fully saturated rings. The standard InChI is InChI=1S/C36H38FN3O4/c1-7-36(6,8-2)20-29-22(3)34(27-18-17-26(19-28(27)37)43-21-25-13-10-9-11-14-25)40(30-15-12-16-31(41)33(30)39-29)35(42)32-23(4)44-24(5)38-32/h7,9-19,34,39,41H,1,8,20-21H2,2-6H3. The first-order valence-corrected chi connectivity index (χ1v) is 14.7. The normalized spacial score (nSPS) is 16.0. The van der Waals surface area contributed by atoms with Crippen molar-refractivity contribution in [2.24, 2.45) is 5.41 Å². The lowest BCUT2D eigenvalue weighted by Gasteiger charge is -2.33. The number of anilines is 2. The number of oxazole rings is 1. The first-order chi connectivity index (χ1) is 21.0. The van der Waals surface area contributed by atoms with E-state index in [4.69, 9.17) is 9.15 Å². The lowest BCUT2D eigenvalue weighted by molar-refractivity contribution is 0.0974. The third-order valence-corrected chi connectivity index (χ3v) is 8.42. The summed E-state index contributed by atoms with van der Waals surface area (Å²) in [6.07, 6.45) is 3.23. The number of phenolic OH excluding ortho intramolecular Hbond substituents is 1. The van der Waals surface area contributed by atoms with Gasteiger partial charge in [0.05, 0.1) is 11.7 Å². The number of rotatable bonds is 9. The minimum Gasteiger partial charge on any atom is -0.506 e. The van der Waals surface area contributed by atoms with E-state index in [1.165, 1.54) is 11.0 Å². The van der Waals surface area contributed by atoms with Crippen molar-refractivity contribution < 1.29 is 23.4 Å². The number of fused-ring (bicyclic) bond motifs is 1. The highest BCUT2D eigenvalue weighted by Gasteiger charge is 2.39. The van der Waals surface area contributed by atoms with Gasteiger partial charge in [-0.1, -0.05) is 56.3 Å². The summed E-state index contributed by atoms with van der Waals surface area (Å²) in [5.74, 6) is 0.00622. The van der Waals surface area contributed by atoms with Gasteiger partial charge >= 0.3 is 0 Å². The van der Waals surface area contributed by atoms with Gasteiger partial charge in [0.25, 0.3) is 5.91 Å². The Morgan fingerprint density at radius 2 is 1.91 bits per heavy atom. The van der Waals surface area contributed by atoms with E-state index in [-0.39, 0.29) is 29.0 Å². The molecule has 44 heavy (non-hydrogen) atoms. The first kappa shape index (κ1) is 30.6. The fraction of sp³-hybridized carbons (Fsp3) is 0.278. The molecule has 2 heterocycles. The lowest BCUT2D eigenvalue weighted by Crippen LogP contribution is -2.36. The number of amides is 1. The van der Waals surface area contributed by atoms with Gasteiger partial charge in [-0.25, -0.2) is 9.37 Å². The summed E-state index contributed by atoms with van der Waals surface area (Å²) in [6.45, 7) is 13.7. The van der Waals surface area contributed by atoms with E-state index in [1.54, 1.807) is 44.2 Å². The van der Waals surface area contributed by atoms with Crippen molar-refractivity contribution in [3.05, 3.63) is 125 Å². The number of allylic oxidation sites excluding steroid dienone is 2. The summed E-state index contributed by atoms with van der Waals surface area (Å²) in [6, 6.07) is 18.4. The zero-order valence-corrected chi connectivity index (χ0v) is 25.8. The number of carbonyl (C=O) groups excluding carboxylic acids is 1. The van der Waals surface area contributed by atoms with Gasteiger partial charge in [-0.05, 0) is 67.5 Å². The number of aromatic hydroxyl groups is 1. The van der Waals surface area contributed by atoms with Crippen LogP contribution < -0.4 is 15.0 Å². The van der Waals surface area contributed by atoms with Gasteiger partial charge in [-0.3, -0.25) is 9.69 Å². The molecule has 2 atom stereocenters. The summed E-state index contributed by atoms with van der Waals surface area (Å²) >= 11 is 0. The van der Waals surface area contributed by atoms with Gasteiger partial charge in [0.2, 0.25) is 0 Å². The third-order valence-electron chi connectivity index (χ3n) is 8.42. The summed E-state index contributed by atoms with van der Waals surface area (Å²) < 4.78 is 27.8. The minimum absolute atomic E-state index is 0.0405. The zero-order chi connectivity index (χ0) is 31.6. The van der Waals surface area contributed by atoms with E-state index in [0.29, 0.717) is 40.8 Å². The molecule has 0 spiro atoms. The van der Waals surface area contributed by atoms with Crippen LogP contribution in [-0.4, -0.2) is 16.0 Å². The Bertz CT molecular complexity index is 1730. The van der Waals surface area contributed by atoms with Crippen molar-refractivity contribution in [1.82, 2.24) is 4.98 Å². The summed E-state index contributed by atoms with van der Waals surface area (Å²) in [5.41, 5.74) is 3.25. The maximum Gasteiger partial charge on any atom is 0.281 e. The number of aromatic nitrogens is 1. The second-order valence-corrected chi connectivity index (χ2v) is 11.5. The smallest absolute Gasteiger partial charge is 0.281 e. The van der Waals surface area contributed by atoms with Crippen molar-refractivity contribution in [2.75, 3.05) is 10.2 Å². The highest BCUT2D eigenvalue weighted by Crippen LogP contribution is 2.48. The molecule has 1 amide bonds. The highest BCUT2D eigenvalue weighted by atomic mass is 19.1. The SMILES string of the molecule is C=CC(C)(CC)CC1=C(C)C(c2ccc(OCc3ccccc3)cc2F)N(C(=O)c2nc(C)oc2C)c2cccc(O)c2N1. The number of halogens is 1. The van der Waals surface area contributed by atoms with Crippen LogP contribution in [0.4, 0.5) is 15.8 Å². The molecule has 0 saturated carbocycles. The summed E-state index contributed by atoms with van der Waals surface area (Å²) in [5, 5.41) is 14.5. The minimum atomic E-state index is -0.890. The molecule has 228 valence electrons. The molecule has 1 aliphatic rings. The fourth-order valence-electron chi connectivity index (χ4n) is 5.53. The number of aryl methyl sites for hydroxylation is 2. The van der Waals surface area contributed by atoms with E-state index < -0.39 is 17.8 Å². The lowest BCUT2D eigenvalue weighted by atomic mass is 9.81. The Kier molecular flexibility index (Phi) is 8.63. The summed E-state index contributed by atoms with van der Waals surface area (Å²) in [4.78, 5) is 20.3.